The fraction of sp³-hybridized carbons (Fsp3) is 1.00. The van der Waals surface area contributed by atoms with Crippen LogP contribution in [-0.4, -0.2) is 29.8 Å². The van der Waals surface area contributed by atoms with E-state index in [9.17, 15) is 4.91 Å². The van der Waals surface area contributed by atoms with E-state index in [0.29, 0.717) is 13.2 Å². The molecule has 1 aliphatic heterocycles. The Kier molecular flexibility index (Phi) is 1.40. The Labute approximate surface area is 47.0 Å². The van der Waals surface area contributed by atoms with E-state index in [2.05, 4.69) is 5.29 Å². The first-order valence-electron chi connectivity index (χ1n) is 2.41. The van der Waals surface area contributed by atoms with Crippen molar-refractivity contribution in [1.82, 2.24) is 10.0 Å². The minimum atomic E-state index is 0.462. The second kappa shape index (κ2) is 2.06. The fourth-order valence-corrected chi connectivity index (χ4v) is 0.662. The zero-order chi connectivity index (χ0) is 5.98. The predicted molar refractivity (Wildman–Crippen MR) is 28.3 cm³/mol. The first-order valence-corrected chi connectivity index (χ1v) is 2.41. The van der Waals surface area contributed by atoms with E-state index in [4.69, 9.17) is 5.84 Å². The van der Waals surface area contributed by atoms with Crippen LogP contribution in [0.3, 0.4) is 0 Å². The van der Waals surface area contributed by atoms with E-state index in [0.717, 1.165) is 6.54 Å². The molecule has 0 amide bonds. The number of hydrazine groups is 1. The van der Waals surface area contributed by atoms with Crippen LogP contribution in [-0.2, 0) is 0 Å². The molecular formula is C3H8N4O. The first-order chi connectivity index (χ1) is 3.83. The molecule has 0 aromatic heterocycles. The molecule has 1 aliphatic rings. The van der Waals surface area contributed by atoms with Crippen molar-refractivity contribution in [2.45, 2.75) is 0 Å². The lowest BCUT2D eigenvalue weighted by atomic mass is 10.7. The maximum atomic E-state index is 9.75. The summed E-state index contributed by atoms with van der Waals surface area (Å²) >= 11 is 0. The molecule has 8 heavy (non-hydrogen) atoms. The minimum absolute atomic E-state index is 0.462. The molecule has 0 spiro atoms. The topological polar surface area (TPSA) is 61.9 Å². The van der Waals surface area contributed by atoms with Gasteiger partial charge in [0.05, 0.1) is 11.8 Å². The number of nitrogens with zero attached hydrogens (tertiary/aromatic N) is 3. The molecular weight excluding hydrogens is 108 g/mol. The lowest BCUT2D eigenvalue weighted by Gasteiger charge is -2.04. The molecule has 5 nitrogen and oxygen atoms in total. The third-order valence-corrected chi connectivity index (χ3v) is 1.11. The molecule has 0 atom stereocenters. The highest BCUT2D eigenvalue weighted by Gasteiger charge is 2.14. The molecule has 0 aliphatic carbocycles. The van der Waals surface area contributed by atoms with Crippen molar-refractivity contribution in [3.05, 3.63) is 4.91 Å². The second-order valence-electron chi connectivity index (χ2n) is 1.77. The van der Waals surface area contributed by atoms with Gasteiger partial charge in [-0.3, -0.25) is 5.84 Å². The third-order valence-electron chi connectivity index (χ3n) is 1.11. The van der Waals surface area contributed by atoms with Gasteiger partial charge in [-0.05, 0) is 0 Å². The molecule has 2 N–H and O–H groups in total. The molecule has 46 valence electrons. The van der Waals surface area contributed by atoms with Crippen molar-refractivity contribution in [2.75, 3.05) is 19.8 Å². The number of hydrogen-bond donors (Lipinski definition) is 1. The van der Waals surface area contributed by atoms with Crippen LogP contribution < -0.4 is 5.84 Å². The van der Waals surface area contributed by atoms with Crippen LogP contribution >= 0.6 is 0 Å². The molecule has 0 unspecified atom stereocenters. The molecule has 1 saturated heterocycles. The Bertz CT molecular complexity index is 95.3. The Morgan fingerprint density at radius 2 is 2.25 bits per heavy atom. The highest BCUT2D eigenvalue weighted by molar-refractivity contribution is 4.60. The summed E-state index contributed by atoms with van der Waals surface area (Å²) < 4.78 is 0. The van der Waals surface area contributed by atoms with E-state index in [1.165, 1.54) is 5.01 Å². The highest BCUT2D eigenvalue weighted by Crippen LogP contribution is 1.97. The Morgan fingerprint density at radius 3 is 2.50 bits per heavy atom. The summed E-state index contributed by atoms with van der Waals surface area (Å²) in [7, 11) is 0. The van der Waals surface area contributed by atoms with Gasteiger partial charge < -0.3 is 0 Å². The van der Waals surface area contributed by atoms with Gasteiger partial charge >= 0.3 is 0 Å². The molecule has 1 fully saturated rings. The lowest BCUT2D eigenvalue weighted by molar-refractivity contribution is 0.256. The summed E-state index contributed by atoms with van der Waals surface area (Å²) in [5.74, 6) is 5.29. The van der Waals surface area contributed by atoms with Gasteiger partial charge in [-0.15, -0.1) is 4.91 Å². The van der Waals surface area contributed by atoms with Crippen molar-refractivity contribution in [3.8, 4) is 0 Å². The maximum absolute atomic E-state index is 9.75. The van der Waals surface area contributed by atoms with Gasteiger partial charge in [-0.2, -0.15) is 0 Å². The molecule has 0 radical (unpaired) electrons. The van der Waals surface area contributed by atoms with Gasteiger partial charge in [0.1, 0.15) is 6.67 Å². The van der Waals surface area contributed by atoms with Gasteiger partial charge in [0.25, 0.3) is 0 Å². The van der Waals surface area contributed by atoms with E-state index in [1.54, 1.807) is 5.01 Å². The highest BCUT2D eigenvalue weighted by atomic mass is 16.3. The average Bonchev–Trinajstić information content (AvgIpc) is 2.14. The van der Waals surface area contributed by atoms with Crippen LogP contribution in [0.2, 0.25) is 0 Å². The van der Waals surface area contributed by atoms with Crippen LogP contribution in [0, 0.1) is 4.91 Å². The molecule has 5 heteroatoms. The van der Waals surface area contributed by atoms with Crippen molar-refractivity contribution >= 4 is 0 Å². The fourth-order valence-electron chi connectivity index (χ4n) is 0.662. The summed E-state index contributed by atoms with van der Waals surface area (Å²) in [4.78, 5) is 9.75. The van der Waals surface area contributed by atoms with E-state index < -0.39 is 0 Å². The van der Waals surface area contributed by atoms with Gasteiger partial charge in [0, 0.05) is 6.54 Å². The average molecular weight is 116 g/mol. The van der Waals surface area contributed by atoms with Crippen LogP contribution in [0.15, 0.2) is 5.29 Å². The number of hydrogen-bond acceptors (Lipinski definition) is 4. The maximum Gasteiger partial charge on any atom is 0.104 e. The SMILES string of the molecule is NN1CCN(N=O)C1. The Balaban J connectivity index is 2.32. The van der Waals surface area contributed by atoms with Crippen molar-refractivity contribution < 1.29 is 0 Å². The summed E-state index contributed by atoms with van der Waals surface area (Å²) in [6.45, 7) is 1.84. The monoisotopic (exact) mass is 116 g/mol. The van der Waals surface area contributed by atoms with Gasteiger partial charge in [-0.25, -0.2) is 10.0 Å². The van der Waals surface area contributed by atoms with Crippen LogP contribution in [0.25, 0.3) is 0 Å². The van der Waals surface area contributed by atoms with Crippen LogP contribution in [0.1, 0.15) is 0 Å². The Morgan fingerprint density at radius 1 is 1.50 bits per heavy atom. The molecule has 0 saturated carbocycles. The number of nitrogens with two attached hydrogens (primary N) is 1. The summed E-state index contributed by atoms with van der Waals surface area (Å²) in [6, 6.07) is 0. The van der Waals surface area contributed by atoms with Crippen LogP contribution in [0.4, 0.5) is 0 Å². The lowest BCUT2D eigenvalue weighted by Crippen LogP contribution is -2.29. The Hall–Kier alpha value is -0.680. The normalized spacial score (nSPS) is 21.9. The summed E-state index contributed by atoms with van der Waals surface area (Å²) in [5, 5.41) is 5.62. The van der Waals surface area contributed by atoms with Crippen LogP contribution in [0.5, 0.6) is 0 Å². The second-order valence-corrected chi connectivity index (χ2v) is 1.77. The van der Waals surface area contributed by atoms with Crippen molar-refractivity contribution in [1.29, 1.82) is 0 Å². The van der Waals surface area contributed by atoms with Crippen molar-refractivity contribution in [2.24, 2.45) is 11.1 Å². The minimum Gasteiger partial charge on any atom is -0.267 e. The molecule has 0 aromatic carbocycles. The molecule has 1 rings (SSSR count). The number of nitroso groups, excluding NO2 is 1. The summed E-state index contributed by atoms with van der Waals surface area (Å²) in [5.41, 5.74) is 0. The molecule has 1 heterocycles. The smallest absolute Gasteiger partial charge is 0.104 e. The van der Waals surface area contributed by atoms with Gasteiger partial charge in [0.2, 0.25) is 0 Å². The molecule has 0 aromatic rings. The third kappa shape index (κ3) is 0.932. The molecule has 0 bridgehead atoms. The zero-order valence-corrected chi connectivity index (χ0v) is 4.45. The zero-order valence-electron chi connectivity index (χ0n) is 4.45. The standard InChI is InChI=1S/C3H8N4O/c4-6-1-2-7(3-6)5-8/h1-4H2. The number of rotatable bonds is 1. The van der Waals surface area contributed by atoms with Gasteiger partial charge in [-0.1, -0.05) is 0 Å². The summed E-state index contributed by atoms with van der Waals surface area (Å²) in [6.07, 6.45) is 0. The van der Waals surface area contributed by atoms with Crippen molar-refractivity contribution in [3.63, 3.8) is 0 Å². The van der Waals surface area contributed by atoms with E-state index in [-0.39, 0.29) is 0 Å². The largest absolute Gasteiger partial charge is 0.267 e. The first kappa shape index (κ1) is 5.46. The van der Waals surface area contributed by atoms with E-state index in [1.807, 2.05) is 0 Å². The van der Waals surface area contributed by atoms with Gasteiger partial charge in [0.15, 0.2) is 0 Å². The quantitative estimate of drug-likeness (QED) is 0.357. The van der Waals surface area contributed by atoms with E-state index >= 15 is 0 Å². The predicted octanol–water partition coefficient (Wildman–Crippen LogP) is -0.883.